The maximum Gasteiger partial charge on any atom is 0.328 e. The van der Waals surface area contributed by atoms with Crippen molar-refractivity contribution in [3.05, 3.63) is 55.6 Å². The molecular formula is C20H23FN6O3S. The highest BCUT2D eigenvalue weighted by Gasteiger charge is 2.22. The average Bonchev–Trinajstić information content (AvgIpc) is 3.16. The summed E-state index contributed by atoms with van der Waals surface area (Å²) in [5.41, 5.74) is 0.350. The van der Waals surface area contributed by atoms with Crippen LogP contribution in [-0.2, 0) is 13.1 Å². The Hall–Kier alpha value is -3.05. The zero-order valence-electron chi connectivity index (χ0n) is 17.3. The van der Waals surface area contributed by atoms with E-state index in [1.807, 2.05) is 11.0 Å². The quantitative estimate of drug-likeness (QED) is 0.567. The van der Waals surface area contributed by atoms with Gasteiger partial charge in [0.05, 0.1) is 11.2 Å². The number of piperazine rings is 1. The van der Waals surface area contributed by atoms with Crippen molar-refractivity contribution in [3.8, 4) is 0 Å². The van der Waals surface area contributed by atoms with Crippen molar-refractivity contribution < 1.29 is 9.18 Å². The van der Waals surface area contributed by atoms with E-state index >= 15 is 0 Å². The minimum absolute atomic E-state index is 0.0484. The second-order valence-electron chi connectivity index (χ2n) is 7.28. The SMILES string of the molecule is CCn1c(=O)[nH]c2cc(CN3CCN(c4ccc(C(=O)NC)nc4F)CC3)sc2c1=O. The lowest BCUT2D eigenvalue weighted by atomic mass is 10.2. The normalized spacial score (nSPS) is 14.9. The van der Waals surface area contributed by atoms with E-state index in [0.29, 0.717) is 55.2 Å². The zero-order chi connectivity index (χ0) is 22.1. The first-order valence-corrected chi connectivity index (χ1v) is 10.8. The molecule has 0 spiro atoms. The average molecular weight is 447 g/mol. The first-order chi connectivity index (χ1) is 14.9. The molecular weight excluding hydrogens is 423 g/mol. The molecule has 3 aromatic heterocycles. The maximum atomic E-state index is 14.4. The van der Waals surface area contributed by atoms with Gasteiger partial charge in [-0.3, -0.25) is 19.1 Å². The molecule has 1 amide bonds. The minimum Gasteiger partial charge on any atom is -0.365 e. The van der Waals surface area contributed by atoms with E-state index < -0.39 is 17.5 Å². The highest BCUT2D eigenvalue weighted by molar-refractivity contribution is 7.18. The van der Waals surface area contributed by atoms with Gasteiger partial charge in [0, 0.05) is 51.2 Å². The van der Waals surface area contributed by atoms with E-state index in [9.17, 15) is 18.8 Å². The van der Waals surface area contributed by atoms with E-state index in [1.165, 1.54) is 29.0 Å². The molecule has 0 atom stereocenters. The van der Waals surface area contributed by atoms with Crippen LogP contribution in [0.15, 0.2) is 27.8 Å². The summed E-state index contributed by atoms with van der Waals surface area (Å²) in [6.45, 7) is 5.39. The van der Waals surface area contributed by atoms with Crippen LogP contribution in [0.4, 0.5) is 10.1 Å². The van der Waals surface area contributed by atoms with Gasteiger partial charge < -0.3 is 15.2 Å². The predicted octanol–water partition coefficient (Wildman–Crippen LogP) is 0.987. The number of hydrogen-bond donors (Lipinski definition) is 2. The van der Waals surface area contributed by atoms with Crippen LogP contribution < -0.4 is 21.5 Å². The smallest absolute Gasteiger partial charge is 0.328 e. The number of carbonyl (C=O) groups excluding carboxylic acids is 1. The van der Waals surface area contributed by atoms with Crippen molar-refractivity contribution in [2.24, 2.45) is 0 Å². The van der Waals surface area contributed by atoms with E-state index in [-0.39, 0.29) is 11.3 Å². The minimum atomic E-state index is -0.657. The number of fused-ring (bicyclic) bond motifs is 1. The molecule has 1 saturated heterocycles. The Labute approximate surface area is 181 Å². The maximum absolute atomic E-state index is 14.4. The molecule has 164 valence electrons. The highest BCUT2D eigenvalue weighted by Crippen LogP contribution is 2.24. The molecule has 9 nitrogen and oxygen atoms in total. The number of hydrogen-bond acceptors (Lipinski definition) is 7. The Morgan fingerprint density at radius 1 is 1.26 bits per heavy atom. The summed E-state index contributed by atoms with van der Waals surface area (Å²) in [4.78, 5) is 47.7. The number of thiophene rings is 1. The van der Waals surface area contributed by atoms with Crippen molar-refractivity contribution in [3.63, 3.8) is 0 Å². The molecule has 0 aromatic carbocycles. The van der Waals surface area contributed by atoms with Crippen LogP contribution in [-0.4, -0.2) is 58.6 Å². The molecule has 0 saturated carbocycles. The molecule has 1 aliphatic rings. The first-order valence-electron chi connectivity index (χ1n) is 10.0. The van der Waals surface area contributed by atoms with Crippen molar-refractivity contribution >= 4 is 33.1 Å². The lowest BCUT2D eigenvalue weighted by molar-refractivity contribution is 0.0957. The van der Waals surface area contributed by atoms with Gasteiger partial charge in [-0.15, -0.1) is 11.3 Å². The molecule has 3 aromatic rings. The van der Waals surface area contributed by atoms with Gasteiger partial charge in [-0.1, -0.05) is 0 Å². The lowest BCUT2D eigenvalue weighted by Gasteiger charge is -2.35. The molecule has 0 radical (unpaired) electrons. The number of aromatic amines is 1. The van der Waals surface area contributed by atoms with E-state index in [4.69, 9.17) is 0 Å². The number of nitrogens with zero attached hydrogens (tertiary/aromatic N) is 4. The fraction of sp³-hybridized carbons (Fsp3) is 0.400. The van der Waals surface area contributed by atoms with E-state index in [1.54, 1.807) is 13.0 Å². The fourth-order valence-electron chi connectivity index (χ4n) is 3.74. The summed E-state index contributed by atoms with van der Waals surface area (Å²) < 4.78 is 16.2. The van der Waals surface area contributed by atoms with Crippen LogP contribution in [0, 0.1) is 5.95 Å². The third-order valence-electron chi connectivity index (χ3n) is 5.41. The van der Waals surface area contributed by atoms with Gasteiger partial charge in [-0.25, -0.2) is 9.78 Å². The van der Waals surface area contributed by atoms with Gasteiger partial charge in [-0.05, 0) is 25.1 Å². The lowest BCUT2D eigenvalue weighted by Crippen LogP contribution is -2.46. The first kappa shape index (κ1) is 21.2. The summed E-state index contributed by atoms with van der Waals surface area (Å²) in [5, 5.41) is 2.43. The summed E-state index contributed by atoms with van der Waals surface area (Å²) in [6.07, 6.45) is 0. The Morgan fingerprint density at radius 2 is 2.00 bits per heavy atom. The van der Waals surface area contributed by atoms with E-state index in [2.05, 4.69) is 20.2 Å². The Kier molecular flexibility index (Phi) is 5.88. The summed E-state index contributed by atoms with van der Waals surface area (Å²) in [7, 11) is 1.47. The number of H-pyrrole nitrogens is 1. The van der Waals surface area contributed by atoms with Crippen LogP contribution in [0.5, 0.6) is 0 Å². The van der Waals surface area contributed by atoms with Crippen molar-refractivity contribution in [1.29, 1.82) is 0 Å². The van der Waals surface area contributed by atoms with Gasteiger partial charge in [0.25, 0.3) is 11.5 Å². The fourth-order valence-corrected chi connectivity index (χ4v) is 4.84. The highest BCUT2D eigenvalue weighted by atomic mass is 32.1. The number of halogens is 1. The molecule has 4 heterocycles. The summed E-state index contributed by atoms with van der Waals surface area (Å²) in [6, 6.07) is 4.96. The molecule has 4 rings (SSSR count). The van der Waals surface area contributed by atoms with Crippen molar-refractivity contribution in [2.75, 3.05) is 38.1 Å². The third kappa shape index (κ3) is 4.10. The zero-order valence-corrected chi connectivity index (χ0v) is 18.1. The number of rotatable bonds is 5. The molecule has 0 unspecified atom stereocenters. The molecule has 1 aliphatic heterocycles. The van der Waals surface area contributed by atoms with Crippen LogP contribution in [0.2, 0.25) is 0 Å². The molecule has 0 bridgehead atoms. The van der Waals surface area contributed by atoms with Crippen molar-refractivity contribution in [1.82, 2.24) is 24.8 Å². The van der Waals surface area contributed by atoms with Crippen LogP contribution in [0.25, 0.3) is 10.2 Å². The molecule has 2 N–H and O–H groups in total. The topological polar surface area (TPSA) is 103 Å². The van der Waals surface area contributed by atoms with Gasteiger partial charge in [0.15, 0.2) is 0 Å². The molecule has 31 heavy (non-hydrogen) atoms. The number of carbonyl (C=O) groups is 1. The Balaban J connectivity index is 1.44. The Morgan fingerprint density at radius 3 is 2.65 bits per heavy atom. The van der Waals surface area contributed by atoms with Crippen molar-refractivity contribution in [2.45, 2.75) is 20.0 Å². The summed E-state index contributed by atoms with van der Waals surface area (Å²) >= 11 is 1.40. The number of amides is 1. The second-order valence-corrected chi connectivity index (χ2v) is 8.42. The summed E-state index contributed by atoms with van der Waals surface area (Å²) in [5.74, 6) is -1.08. The van der Waals surface area contributed by atoms with Crippen LogP contribution >= 0.6 is 11.3 Å². The number of aromatic nitrogens is 3. The van der Waals surface area contributed by atoms with Gasteiger partial charge in [0.1, 0.15) is 10.4 Å². The molecule has 0 aliphatic carbocycles. The standard InChI is InChI=1S/C20H23FN6O3S/c1-3-27-19(29)16-14(24-20(27)30)10-12(31-16)11-25-6-8-26(9-7-25)15-5-4-13(18(28)22-2)23-17(15)21/h4-5,10H,3,6-9,11H2,1-2H3,(H,22,28)(H,24,30). The number of anilines is 1. The van der Waals surface area contributed by atoms with Gasteiger partial charge >= 0.3 is 5.69 Å². The predicted molar refractivity (Wildman–Crippen MR) is 117 cm³/mol. The third-order valence-corrected chi connectivity index (χ3v) is 6.51. The van der Waals surface area contributed by atoms with Gasteiger partial charge in [-0.2, -0.15) is 4.39 Å². The number of nitrogens with one attached hydrogen (secondary N) is 2. The van der Waals surface area contributed by atoms with Crippen LogP contribution in [0.1, 0.15) is 22.3 Å². The largest absolute Gasteiger partial charge is 0.365 e. The molecule has 1 fully saturated rings. The molecule has 11 heteroatoms. The van der Waals surface area contributed by atoms with Gasteiger partial charge in [0.2, 0.25) is 5.95 Å². The Bertz CT molecular complexity index is 1240. The number of pyridine rings is 1. The van der Waals surface area contributed by atoms with Crippen LogP contribution in [0.3, 0.4) is 0 Å². The van der Waals surface area contributed by atoms with E-state index in [0.717, 1.165) is 4.88 Å². The monoisotopic (exact) mass is 446 g/mol. The second kappa shape index (κ2) is 8.60.